The van der Waals surface area contributed by atoms with Crippen molar-refractivity contribution in [2.45, 2.75) is 0 Å². The minimum Gasteiger partial charge on any atom is -0.350 e. The van der Waals surface area contributed by atoms with E-state index in [0.717, 1.165) is 0 Å². The topological polar surface area (TPSA) is 140 Å². The molecule has 0 unspecified atom stereocenters. The van der Waals surface area contributed by atoms with E-state index in [0.29, 0.717) is 10.6 Å². The second-order valence-electron chi connectivity index (χ2n) is 5.75. The van der Waals surface area contributed by atoms with Crippen LogP contribution < -0.4 is 10.6 Å². The SMILES string of the molecule is O=C(NCCNC(=O)c1nc(-c2cccc(Cl)c2)no1)c1ccc([N+](=O)[O-])cc1. The molecule has 2 amide bonds. The van der Waals surface area contributed by atoms with Crippen molar-refractivity contribution in [1.29, 1.82) is 0 Å². The predicted octanol–water partition coefficient (Wildman–Crippen LogP) is 2.46. The molecular weight excluding hydrogens is 402 g/mol. The van der Waals surface area contributed by atoms with Gasteiger partial charge in [-0.1, -0.05) is 28.9 Å². The van der Waals surface area contributed by atoms with Gasteiger partial charge in [0.15, 0.2) is 0 Å². The molecule has 3 aromatic rings. The van der Waals surface area contributed by atoms with Crippen molar-refractivity contribution in [3.63, 3.8) is 0 Å². The van der Waals surface area contributed by atoms with Crippen molar-refractivity contribution in [2.24, 2.45) is 0 Å². The third-order valence-electron chi connectivity index (χ3n) is 3.74. The van der Waals surface area contributed by atoms with E-state index in [1.807, 2.05) is 0 Å². The summed E-state index contributed by atoms with van der Waals surface area (Å²) in [6.45, 7) is 0.253. The number of rotatable bonds is 7. The van der Waals surface area contributed by atoms with Crippen LogP contribution in [0.1, 0.15) is 21.0 Å². The van der Waals surface area contributed by atoms with Crippen molar-refractivity contribution >= 4 is 29.1 Å². The number of aromatic nitrogens is 2. The van der Waals surface area contributed by atoms with Crippen LogP contribution in [-0.4, -0.2) is 40.0 Å². The summed E-state index contributed by atoms with van der Waals surface area (Å²) in [5.74, 6) is -1.00. The van der Waals surface area contributed by atoms with Gasteiger partial charge in [0.2, 0.25) is 5.82 Å². The van der Waals surface area contributed by atoms with Crippen LogP contribution >= 0.6 is 11.6 Å². The number of amides is 2. The Bertz CT molecular complexity index is 1050. The molecule has 0 fully saturated rings. The number of nitrogens with one attached hydrogen (secondary N) is 2. The van der Waals surface area contributed by atoms with Crippen LogP contribution in [0.2, 0.25) is 5.02 Å². The molecule has 0 saturated heterocycles. The molecule has 0 saturated carbocycles. The Hall–Kier alpha value is -3.79. The predicted molar refractivity (Wildman–Crippen MR) is 103 cm³/mol. The van der Waals surface area contributed by atoms with Crippen molar-refractivity contribution in [3.8, 4) is 11.4 Å². The molecule has 148 valence electrons. The van der Waals surface area contributed by atoms with Gasteiger partial charge in [-0.05, 0) is 24.3 Å². The van der Waals surface area contributed by atoms with Crippen LogP contribution in [0.4, 0.5) is 5.69 Å². The number of non-ortho nitro benzene ring substituents is 1. The first kappa shape index (κ1) is 20.0. The summed E-state index contributed by atoms with van der Waals surface area (Å²) in [6, 6.07) is 12.0. The molecule has 1 heterocycles. The van der Waals surface area contributed by atoms with Crippen LogP contribution in [-0.2, 0) is 0 Å². The maximum Gasteiger partial charge on any atom is 0.316 e. The van der Waals surface area contributed by atoms with Gasteiger partial charge in [-0.15, -0.1) is 0 Å². The highest BCUT2D eigenvalue weighted by atomic mass is 35.5. The molecule has 10 nitrogen and oxygen atoms in total. The second kappa shape index (κ2) is 8.93. The number of hydrogen-bond acceptors (Lipinski definition) is 7. The van der Waals surface area contributed by atoms with Gasteiger partial charge in [0.25, 0.3) is 11.6 Å². The van der Waals surface area contributed by atoms with E-state index in [1.165, 1.54) is 24.3 Å². The Morgan fingerprint density at radius 1 is 1.07 bits per heavy atom. The monoisotopic (exact) mass is 415 g/mol. The lowest BCUT2D eigenvalue weighted by atomic mass is 10.2. The summed E-state index contributed by atoms with van der Waals surface area (Å²) < 4.78 is 4.94. The Kier molecular flexibility index (Phi) is 6.15. The fourth-order valence-electron chi connectivity index (χ4n) is 2.32. The molecule has 29 heavy (non-hydrogen) atoms. The van der Waals surface area contributed by atoms with Gasteiger partial charge in [-0.25, -0.2) is 0 Å². The highest BCUT2D eigenvalue weighted by Crippen LogP contribution is 2.19. The third-order valence-corrected chi connectivity index (χ3v) is 3.97. The molecule has 3 rings (SSSR count). The zero-order valence-corrected chi connectivity index (χ0v) is 15.5. The average Bonchev–Trinajstić information content (AvgIpc) is 3.21. The van der Waals surface area contributed by atoms with E-state index in [2.05, 4.69) is 20.8 Å². The van der Waals surface area contributed by atoms with Gasteiger partial charge in [0.05, 0.1) is 4.92 Å². The van der Waals surface area contributed by atoms with E-state index in [-0.39, 0.29) is 36.1 Å². The highest BCUT2D eigenvalue weighted by Gasteiger charge is 2.16. The summed E-state index contributed by atoms with van der Waals surface area (Å²) in [7, 11) is 0. The van der Waals surface area contributed by atoms with Crippen molar-refractivity contribution in [2.75, 3.05) is 13.1 Å². The lowest BCUT2D eigenvalue weighted by Gasteiger charge is -2.05. The van der Waals surface area contributed by atoms with Gasteiger partial charge in [-0.3, -0.25) is 19.7 Å². The quantitative estimate of drug-likeness (QED) is 0.343. The number of nitrogens with zero attached hydrogens (tertiary/aromatic N) is 3. The molecule has 0 aliphatic carbocycles. The molecule has 0 atom stereocenters. The zero-order chi connectivity index (χ0) is 20.8. The molecule has 0 radical (unpaired) electrons. The molecule has 2 N–H and O–H groups in total. The number of carbonyl (C=O) groups excluding carboxylic acids is 2. The zero-order valence-electron chi connectivity index (χ0n) is 14.8. The second-order valence-corrected chi connectivity index (χ2v) is 6.19. The van der Waals surface area contributed by atoms with E-state index in [9.17, 15) is 19.7 Å². The molecule has 0 spiro atoms. The van der Waals surface area contributed by atoms with Gasteiger partial charge < -0.3 is 15.2 Å². The van der Waals surface area contributed by atoms with E-state index < -0.39 is 16.7 Å². The molecule has 1 aromatic heterocycles. The highest BCUT2D eigenvalue weighted by molar-refractivity contribution is 6.30. The first-order chi connectivity index (χ1) is 13.9. The molecule has 0 bridgehead atoms. The van der Waals surface area contributed by atoms with Crippen molar-refractivity contribution in [1.82, 2.24) is 20.8 Å². The first-order valence-electron chi connectivity index (χ1n) is 8.34. The average molecular weight is 416 g/mol. The van der Waals surface area contributed by atoms with Crippen LogP contribution in [0.15, 0.2) is 53.1 Å². The van der Waals surface area contributed by atoms with Gasteiger partial charge >= 0.3 is 11.8 Å². The molecule has 11 heteroatoms. The minimum absolute atomic E-state index is 0.106. The van der Waals surface area contributed by atoms with Crippen LogP contribution in [0.3, 0.4) is 0 Å². The number of halogens is 1. The normalized spacial score (nSPS) is 10.4. The summed E-state index contributed by atoms with van der Waals surface area (Å²) in [4.78, 5) is 38.1. The fraction of sp³-hybridized carbons (Fsp3) is 0.111. The number of benzene rings is 2. The molecule has 0 aliphatic rings. The van der Waals surface area contributed by atoms with Gasteiger partial charge in [0, 0.05) is 41.4 Å². The van der Waals surface area contributed by atoms with Crippen LogP contribution in [0.5, 0.6) is 0 Å². The maximum atomic E-state index is 12.1. The maximum absolute atomic E-state index is 12.1. The number of nitro groups is 1. The number of hydrogen-bond donors (Lipinski definition) is 2. The lowest BCUT2D eigenvalue weighted by molar-refractivity contribution is -0.384. The van der Waals surface area contributed by atoms with Crippen LogP contribution in [0.25, 0.3) is 11.4 Å². The van der Waals surface area contributed by atoms with E-state index >= 15 is 0 Å². The number of nitro benzene ring substituents is 1. The van der Waals surface area contributed by atoms with E-state index in [1.54, 1.807) is 24.3 Å². The standard InChI is InChI=1S/C18H14ClN5O5/c19-13-3-1-2-12(10-13)15-22-18(29-23-15)17(26)21-9-8-20-16(25)11-4-6-14(7-5-11)24(27)28/h1-7,10H,8-9H2,(H,20,25)(H,21,26). The van der Waals surface area contributed by atoms with Crippen LogP contribution in [0, 0.1) is 10.1 Å². The summed E-state index contributed by atoms with van der Waals surface area (Å²) in [5, 5.41) is 20.0. The Balaban J connectivity index is 1.47. The smallest absolute Gasteiger partial charge is 0.316 e. The molecular formula is C18H14ClN5O5. The largest absolute Gasteiger partial charge is 0.350 e. The molecule has 0 aliphatic heterocycles. The van der Waals surface area contributed by atoms with Gasteiger partial charge in [-0.2, -0.15) is 4.98 Å². The third kappa shape index (κ3) is 5.14. The Morgan fingerprint density at radius 2 is 1.76 bits per heavy atom. The number of carbonyl (C=O) groups is 2. The summed E-state index contributed by atoms with van der Waals surface area (Å²) in [6.07, 6.45) is 0. The van der Waals surface area contributed by atoms with E-state index in [4.69, 9.17) is 16.1 Å². The lowest BCUT2D eigenvalue weighted by Crippen LogP contribution is -2.34. The first-order valence-corrected chi connectivity index (χ1v) is 8.72. The Labute approximate surface area is 169 Å². The fourth-order valence-corrected chi connectivity index (χ4v) is 2.52. The summed E-state index contributed by atoms with van der Waals surface area (Å²) >= 11 is 5.91. The van der Waals surface area contributed by atoms with Crippen molar-refractivity contribution in [3.05, 3.63) is 75.1 Å². The minimum atomic E-state index is -0.588. The van der Waals surface area contributed by atoms with Gasteiger partial charge in [0.1, 0.15) is 0 Å². The summed E-state index contributed by atoms with van der Waals surface area (Å²) in [5.41, 5.74) is 0.770. The van der Waals surface area contributed by atoms with Crippen molar-refractivity contribution < 1.29 is 19.0 Å². The Morgan fingerprint density at radius 3 is 2.41 bits per heavy atom. The molecule has 2 aromatic carbocycles.